The summed E-state index contributed by atoms with van der Waals surface area (Å²) in [6.07, 6.45) is 0.729. The van der Waals surface area contributed by atoms with E-state index in [0.717, 1.165) is 52.4 Å². The molecular weight excluding hydrogens is 538 g/mol. The number of methoxy groups -OCH3 is 1. The first kappa shape index (κ1) is 27.1. The van der Waals surface area contributed by atoms with Gasteiger partial charge < -0.3 is 13.9 Å². The number of ether oxygens (including phenoxy) is 2. The largest absolute Gasteiger partial charge is 0.497 e. The number of amides is 1. The Morgan fingerprint density at radius 1 is 1.08 bits per heavy atom. The topological polar surface area (TPSA) is 85.1 Å². The molecule has 1 amide bonds. The summed E-state index contributed by atoms with van der Waals surface area (Å²) in [7, 11) is 1.61. The lowest BCUT2D eigenvalue weighted by Crippen LogP contribution is -2.40. The van der Waals surface area contributed by atoms with Gasteiger partial charge in [0.05, 0.1) is 30.5 Å². The number of benzene rings is 3. The smallest absolute Gasteiger partial charge is 0.349 e. The summed E-state index contributed by atoms with van der Waals surface area (Å²) in [5, 5.41) is 3.20. The van der Waals surface area contributed by atoms with Crippen molar-refractivity contribution >= 4 is 66.7 Å². The van der Waals surface area contributed by atoms with Gasteiger partial charge in [-0.2, -0.15) is 0 Å². The van der Waals surface area contributed by atoms with Crippen LogP contribution in [0.1, 0.15) is 16.8 Å². The van der Waals surface area contributed by atoms with Gasteiger partial charge in [-0.3, -0.25) is 14.6 Å². The SMILES string of the molecule is COc1ccc2sc(N(CCCN3CCOCC3)C(=O)c3cc4c(ccc5ccccc54)oc3=O)nc2c1.Cl. The predicted octanol–water partition coefficient (Wildman–Crippen LogP) is 5.36. The van der Waals surface area contributed by atoms with Crippen molar-refractivity contribution in [2.75, 3.05) is 51.4 Å². The number of nitrogens with zero attached hydrogens (tertiary/aromatic N) is 3. The summed E-state index contributed by atoms with van der Waals surface area (Å²) in [4.78, 5) is 35.7. The quantitative estimate of drug-likeness (QED) is 0.194. The molecule has 3 heterocycles. The van der Waals surface area contributed by atoms with Crippen LogP contribution in [-0.2, 0) is 4.74 Å². The normalized spacial score (nSPS) is 14.0. The van der Waals surface area contributed by atoms with Crippen molar-refractivity contribution in [1.82, 2.24) is 9.88 Å². The highest BCUT2D eigenvalue weighted by Crippen LogP contribution is 2.32. The molecule has 1 aliphatic heterocycles. The third-order valence-corrected chi connectivity index (χ3v) is 7.95. The van der Waals surface area contributed by atoms with E-state index in [-0.39, 0.29) is 18.0 Å². The molecule has 0 radical (unpaired) electrons. The number of hydrogen-bond donors (Lipinski definition) is 0. The standard InChI is InChI=1S/C29H27N3O5S.ClH/c1-35-20-8-10-26-24(17-20)30-29(38-26)32(12-4-11-31-13-15-36-16-14-31)27(33)23-18-22-21-6-3-2-5-19(21)7-9-25(22)37-28(23)34;/h2-3,5-10,17-18H,4,11-16H2,1H3;1H. The Morgan fingerprint density at radius 2 is 1.90 bits per heavy atom. The van der Waals surface area contributed by atoms with Crippen molar-refractivity contribution < 1.29 is 18.7 Å². The van der Waals surface area contributed by atoms with Gasteiger partial charge in [-0.1, -0.05) is 41.7 Å². The average molecular weight is 566 g/mol. The van der Waals surface area contributed by atoms with Crippen molar-refractivity contribution in [2.45, 2.75) is 6.42 Å². The summed E-state index contributed by atoms with van der Waals surface area (Å²) < 4.78 is 17.4. The summed E-state index contributed by atoms with van der Waals surface area (Å²) in [6, 6.07) is 18.9. The van der Waals surface area contributed by atoms with Crippen LogP contribution in [0.5, 0.6) is 5.75 Å². The zero-order valence-corrected chi connectivity index (χ0v) is 23.1. The summed E-state index contributed by atoms with van der Waals surface area (Å²) in [6.45, 7) is 4.41. The van der Waals surface area contributed by atoms with E-state index in [9.17, 15) is 9.59 Å². The van der Waals surface area contributed by atoms with Gasteiger partial charge in [0.25, 0.3) is 5.91 Å². The number of thiazole rings is 1. The monoisotopic (exact) mass is 565 g/mol. The predicted molar refractivity (Wildman–Crippen MR) is 157 cm³/mol. The molecule has 0 N–H and O–H groups in total. The van der Waals surface area contributed by atoms with Gasteiger partial charge in [0.15, 0.2) is 5.13 Å². The number of anilines is 1. The first-order valence-corrected chi connectivity index (χ1v) is 13.4. The second kappa shape index (κ2) is 11.7. The van der Waals surface area contributed by atoms with E-state index in [2.05, 4.69) is 4.90 Å². The van der Waals surface area contributed by atoms with Gasteiger partial charge in [0.1, 0.15) is 16.9 Å². The molecule has 0 atom stereocenters. The minimum atomic E-state index is -0.654. The average Bonchev–Trinajstić information content (AvgIpc) is 3.38. The molecule has 3 aromatic carbocycles. The van der Waals surface area contributed by atoms with Crippen LogP contribution in [0.4, 0.5) is 5.13 Å². The number of rotatable bonds is 7. The van der Waals surface area contributed by atoms with Crippen LogP contribution in [0.25, 0.3) is 32.0 Å². The maximum atomic E-state index is 14.0. The van der Waals surface area contributed by atoms with E-state index in [4.69, 9.17) is 18.9 Å². The Balaban J connectivity index is 0.00000308. The Labute approximate surface area is 235 Å². The van der Waals surface area contributed by atoms with Crippen LogP contribution < -0.4 is 15.3 Å². The van der Waals surface area contributed by atoms with E-state index in [1.165, 1.54) is 11.3 Å². The van der Waals surface area contributed by atoms with E-state index in [1.807, 2.05) is 48.5 Å². The lowest BCUT2D eigenvalue weighted by molar-refractivity contribution is 0.0376. The molecule has 8 nitrogen and oxygen atoms in total. The first-order valence-electron chi connectivity index (χ1n) is 12.6. The molecule has 5 aromatic rings. The fourth-order valence-corrected chi connectivity index (χ4v) is 5.84. The van der Waals surface area contributed by atoms with Crippen LogP contribution in [0.3, 0.4) is 0 Å². The summed E-state index contributed by atoms with van der Waals surface area (Å²) in [5.41, 5.74) is 0.541. The zero-order valence-electron chi connectivity index (χ0n) is 21.4. The summed E-state index contributed by atoms with van der Waals surface area (Å²) >= 11 is 1.42. The highest BCUT2D eigenvalue weighted by Gasteiger charge is 2.25. The Hall–Kier alpha value is -3.50. The molecule has 0 saturated carbocycles. The molecule has 1 aliphatic rings. The number of carbonyl (C=O) groups is 1. The number of halogens is 1. The molecule has 0 spiro atoms. The minimum Gasteiger partial charge on any atom is -0.497 e. The van der Waals surface area contributed by atoms with Gasteiger partial charge in [-0.15, -0.1) is 12.4 Å². The fourth-order valence-electron chi connectivity index (χ4n) is 4.86. The zero-order chi connectivity index (χ0) is 26.1. The van der Waals surface area contributed by atoms with Gasteiger partial charge in [0.2, 0.25) is 0 Å². The van der Waals surface area contributed by atoms with E-state index in [1.54, 1.807) is 24.1 Å². The minimum absolute atomic E-state index is 0. The Kier molecular flexibility index (Phi) is 8.13. The molecule has 39 heavy (non-hydrogen) atoms. The second-order valence-corrected chi connectivity index (χ2v) is 10.2. The molecule has 1 fully saturated rings. The molecule has 0 aliphatic carbocycles. The molecule has 10 heteroatoms. The third-order valence-electron chi connectivity index (χ3n) is 6.89. The maximum Gasteiger partial charge on any atom is 0.349 e. The van der Waals surface area contributed by atoms with E-state index < -0.39 is 11.5 Å². The summed E-state index contributed by atoms with van der Waals surface area (Å²) in [5.74, 6) is 0.281. The highest BCUT2D eigenvalue weighted by atomic mass is 35.5. The fraction of sp³-hybridized carbons (Fsp3) is 0.276. The Morgan fingerprint density at radius 3 is 2.72 bits per heavy atom. The first-order chi connectivity index (χ1) is 18.6. The van der Waals surface area contributed by atoms with Crippen LogP contribution in [0.15, 0.2) is 69.9 Å². The molecule has 202 valence electrons. The number of carbonyl (C=O) groups excluding carboxylic acids is 1. The molecule has 6 rings (SSSR count). The number of hydrogen-bond acceptors (Lipinski definition) is 8. The van der Waals surface area contributed by atoms with Gasteiger partial charge in [-0.25, -0.2) is 9.78 Å². The molecule has 0 unspecified atom stereocenters. The number of aromatic nitrogens is 1. The van der Waals surface area contributed by atoms with Crippen LogP contribution in [0, 0.1) is 0 Å². The third kappa shape index (κ3) is 5.49. The van der Waals surface area contributed by atoms with Crippen LogP contribution in [0.2, 0.25) is 0 Å². The molecule has 2 aromatic heterocycles. The van der Waals surface area contributed by atoms with Crippen LogP contribution in [-0.4, -0.2) is 62.3 Å². The Bertz CT molecular complexity index is 1700. The molecule has 1 saturated heterocycles. The molecule has 0 bridgehead atoms. The lowest BCUT2D eigenvalue weighted by Gasteiger charge is -2.27. The van der Waals surface area contributed by atoms with Crippen molar-refractivity contribution in [3.05, 3.63) is 76.6 Å². The second-order valence-electron chi connectivity index (χ2n) is 9.24. The lowest BCUT2D eigenvalue weighted by atomic mass is 10.0. The van der Waals surface area contributed by atoms with Crippen molar-refractivity contribution in [1.29, 1.82) is 0 Å². The van der Waals surface area contributed by atoms with Gasteiger partial charge in [-0.05, 0) is 41.5 Å². The number of morpholine rings is 1. The van der Waals surface area contributed by atoms with E-state index >= 15 is 0 Å². The van der Waals surface area contributed by atoms with Crippen LogP contribution >= 0.6 is 23.7 Å². The van der Waals surface area contributed by atoms with Gasteiger partial charge >= 0.3 is 5.63 Å². The number of fused-ring (bicyclic) bond motifs is 4. The van der Waals surface area contributed by atoms with Crippen molar-refractivity contribution in [2.24, 2.45) is 0 Å². The van der Waals surface area contributed by atoms with Crippen molar-refractivity contribution in [3.8, 4) is 5.75 Å². The van der Waals surface area contributed by atoms with Crippen molar-refractivity contribution in [3.63, 3.8) is 0 Å². The maximum absolute atomic E-state index is 14.0. The highest BCUT2D eigenvalue weighted by molar-refractivity contribution is 7.22. The van der Waals surface area contributed by atoms with E-state index in [0.29, 0.717) is 36.2 Å². The molecular formula is C29H28ClN3O5S. The van der Waals surface area contributed by atoms with Gasteiger partial charge in [0, 0.05) is 37.6 Å².